The Morgan fingerprint density at radius 1 is 1.58 bits per heavy atom. The molecule has 1 aromatic carbocycles. The maximum atomic E-state index is 13.7. The maximum Gasteiger partial charge on any atom is 0.308 e. The van der Waals surface area contributed by atoms with Crippen LogP contribution in [0.3, 0.4) is 0 Å². The van der Waals surface area contributed by atoms with Gasteiger partial charge >= 0.3 is 5.97 Å². The minimum absolute atomic E-state index is 0.0652. The Bertz CT molecular complexity index is 481. The van der Waals surface area contributed by atoms with E-state index in [1.54, 1.807) is 12.1 Å². The van der Waals surface area contributed by atoms with Crippen LogP contribution in [-0.2, 0) is 11.3 Å². The molecule has 0 aromatic heterocycles. The number of carbonyl (C=O) groups is 1. The number of carboxylic acids is 1. The fourth-order valence-electron chi connectivity index (χ4n) is 2.65. The molecule has 1 aromatic rings. The summed E-state index contributed by atoms with van der Waals surface area (Å²) < 4.78 is 14.6. The number of rotatable bonds is 3. The van der Waals surface area contributed by atoms with Crippen molar-refractivity contribution in [1.29, 1.82) is 0 Å². The van der Waals surface area contributed by atoms with Crippen LogP contribution in [0, 0.1) is 11.7 Å². The van der Waals surface area contributed by atoms with E-state index in [1.165, 1.54) is 6.07 Å². The van der Waals surface area contributed by atoms with Gasteiger partial charge in [-0.1, -0.05) is 15.9 Å². The van der Waals surface area contributed by atoms with Crippen molar-refractivity contribution >= 4 is 21.9 Å². The highest BCUT2D eigenvalue weighted by molar-refractivity contribution is 9.10. The Morgan fingerprint density at radius 3 is 3.00 bits per heavy atom. The number of likely N-dealkylation sites (tertiary alicyclic amines) is 1. The van der Waals surface area contributed by atoms with Crippen molar-refractivity contribution in [3.63, 3.8) is 0 Å². The Morgan fingerprint density at radius 2 is 2.32 bits per heavy atom. The van der Waals surface area contributed by atoms with Crippen LogP contribution in [0.1, 0.15) is 25.3 Å². The molecule has 2 rings (SSSR count). The van der Waals surface area contributed by atoms with Gasteiger partial charge in [-0.15, -0.1) is 0 Å². The lowest BCUT2D eigenvalue weighted by Gasteiger charge is -2.37. The zero-order valence-electron chi connectivity index (χ0n) is 10.8. The van der Waals surface area contributed by atoms with E-state index in [1.807, 2.05) is 11.8 Å². The van der Waals surface area contributed by atoms with Gasteiger partial charge in [-0.3, -0.25) is 9.69 Å². The molecular formula is C14H17BrFNO2. The predicted octanol–water partition coefficient (Wildman–Crippen LogP) is 3.27. The van der Waals surface area contributed by atoms with Gasteiger partial charge in [0.05, 0.1) is 5.92 Å². The van der Waals surface area contributed by atoms with E-state index in [9.17, 15) is 14.3 Å². The summed E-state index contributed by atoms with van der Waals surface area (Å²) in [5.74, 6) is -1.36. The monoisotopic (exact) mass is 329 g/mol. The number of piperidine rings is 1. The highest BCUT2D eigenvalue weighted by Crippen LogP contribution is 2.26. The van der Waals surface area contributed by atoms with Gasteiger partial charge in [-0.05, 0) is 44.5 Å². The summed E-state index contributed by atoms with van der Waals surface area (Å²) in [6.07, 6.45) is 1.55. The molecule has 0 unspecified atom stereocenters. The minimum atomic E-state index is -0.757. The van der Waals surface area contributed by atoms with Crippen LogP contribution in [0.5, 0.6) is 0 Å². The summed E-state index contributed by atoms with van der Waals surface area (Å²) in [6, 6.07) is 4.79. The van der Waals surface area contributed by atoms with Gasteiger partial charge < -0.3 is 5.11 Å². The zero-order chi connectivity index (χ0) is 14.0. The summed E-state index contributed by atoms with van der Waals surface area (Å²) in [5.41, 5.74) is 0.604. The number of hydrogen-bond donors (Lipinski definition) is 1. The molecule has 0 saturated carbocycles. The van der Waals surface area contributed by atoms with Crippen molar-refractivity contribution in [2.24, 2.45) is 5.92 Å². The Kier molecular flexibility index (Phi) is 4.58. The van der Waals surface area contributed by atoms with Crippen LogP contribution in [0.15, 0.2) is 22.7 Å². The van der Waals surface area contributed by atoms with E-state index in [0.29, 0.717) is 18.5 Å². The van der Waals surface area contributed by atoms with Crippen LogP contribution in [0.25, 0.3) is 0 Å². The molecule has 19 heavy (non-hydrogen) atoms. The van der Waals surface area contributed by atoms with E-state index in [2.05, 4.69) is 15.9 Å². The molecule has 1 aliphatic rings. The van der Waals surface area contributed by atoms with Gasteiger partial charge in [0.1, 0.15) is 5.82 Å². The zero-order valence-corrected chi connectivity index (χ0v) is 12.4. The van der Waals surface area contributed by atoms with E-state index in [4.69, 9.17) is 0 Å². The Labute approximate surface area is 120 Å². The summed E-state index contributed by atoms with van der Waals surface area (Å²) in [7, 11) is 0. The number of nitrogens with zero attached hydrogens (tertiary/aromatic N) is 1. The fraction of sp³-hybridized carbons (Fsp3) is 0.500. The van der Waals surface area contributed by atoms with Crippen LogP contribution in [-0.4, -0.2) is 28.6 Å². The first-order chi connectivity index (χ1) is 8.99. The van der Waals surface area contributed by atoms with Gasteiger partial charge in [0.15, 0.2) is 0 Å². The smallest absolute Gasteiger partial charge is 0.308 e. The van der Waals surface area contributed by atoms with Gasteiger partial charge in [0.2, 0.25) is 0 Å². The third kappa shape index (κ3) is 3.34. The highest BCUT2D eigenvalue weighted by atomic mass is 79.9. The topological polar surface area (TPSA) is 40.5 Å². The number of halogens is 2. The van der Waals surface area contributed by atoms with Gasteiger partial charge in [-0.25, -0.2) is 4.39 Å². The first kappa shape index (κ1) is 14.5. The lowest BCUT2D eigenvalue weighted by Crippen LogP contribution is -2.45. The van der Waals surface area contributed by atoms with E-state index < -0.39 is 5.97 Å². The van der Waals surface area contributed by atoms with Gasteiger partial charge in [-0.2, -0.15) is 0 Å². The van der Waals surface area contributed by atoms with Gasteiger partial charge in [0.25, 0.3) is 0 Å². The highest BCUT2D eigenvalue weighted by Gasteiger charge is 2.32. The second-order valence-corrected chi connectivity index (χ2v) is 5.95. The third-order valence-electron chi connectivity index (χ3n) is 3.82. The molecule has 1 N–H and O–H groups in total. The van der Waals surface area contributed by atoms with E-state index in [0.717, 1.165) is 17.4 Å². The molecule has 0 bridgehead atoms. The molecule has 2 atom stereocenters. The number of hydrogen-bond acceptors (Lipinski definition) is 2. The SMILES string of the molecule is C[C@@H]1[C@H](C(=O)O)CCCN1Cc1cc(Br)ccc1F. The molecule has 0 spiro atoms. The average molecular weight is 330 g/mol. The van der Waals surface area contributed by atoms with Crippen LogP contribution >= 0.6 is 15.9 Å². The molecule has 3 nitrogen and oxygen atoms in total. The Balaban J connectivity index is 2.13. The molecular weight excluding hydrogens is 313 g/mol. The molecule has 0 amide bonds. The first-order valence-corrected chi connectivity index (χ1v) is 7.19. The number of carboxylic acid groups (broad SMARTS) is 1. The van der Waals surface area contributed by atoms with E-state index in [-0.39, 0.29) is 17.8 Å². The second-order valence-electron chi connectivity index (χ2n) is 5.03. The molecule has 0 radical (unpaired) electrons. The molecule has 104 valence electrons. The molecule has 1 aliphatic heterocycles. The summed E-state index contributed by atoms with van der Waals surface area (Å²) in [6.45, 7) is 3.18. The lowest BCUT2D eigenvalue weighted by molar-refractivity contribution is -0.145. The third-order valence-corrected chi connectivity index (χ3v) is 4.31. The predicted molar refractivity (Wildman–Crippen MR) is 74.3 cm³/mol. The van der Waals surface area contributed by atoms with Crippen molar-refractivity contribution in [2.45, 2.75) is 32.4 Å². The van der Waals surface area contributed by atoms with Gasteiger partial charge in [0, 0.05) is 22.6 Å². The molecule has 1 saturated heterocycles. The summed E-state index contributed by atoms with van der Waals surface area (Å²) >= 11 is 3.33. The number of benzene rings is 1. The van der Waals surface area contributed by atoms with Crippen molar-refractivity contribution in [1.82, 2.24) is 4.90 Å². The van der Waals surface area contributed by atoms with Crippen LogP contribution in [0.2, 0.25) is 0 Å². The summed E-state index contributed by atoms with van der Waals surface area (Å²) in [5, 5.41) is 9.18. The molecule has 1 fully saturated rings. The van der Waals surface area contributed by atoms with E-state index >= 15 is 0 Å². The standard InChI is InChI=1S/C14H17BrFNO2/c1-9-12(14(18)19)3-2-6-17(9)8-10-7-11(15)4-5-13(10)16/h4-5,7,9,12H,2-3,6,8H2,1H3,(H,18,19)/t9-,12-/m1/s1. The van der Waals surface area contributed by atoms with Crippen LogP contribution < -0.4 is 0 Å². The fourth-order valence-corrected chi connectivity index (χ4v) is 3.06. The van der Waals surface area contributed by atoms with Crippen molar-refractivity contribution < 1.29 is 14.3 Å². The quantitative estimate of drug-likeness (QED) is 0.925. The molecule has 0 aliphatic carbocycles. The molecule has 1 heterocycles. The second kappa shape index (κ2) is 6.01. The Hall–Kier alpha value is -0.940. The van der Waals surface area contributed by atoms with Crippen molar-refractivity contribution in [3.05, 3.63) is 34.1 Å². The number of aliphatic carboxylic acids is 1. The molecule has 5 heteroatoms. The van der Waals surface area contributed by atoms with Crippen molar-refractivity contribution in [2.75, 3.05) is 6.54 Å². The normalized spacial score (nSPS) is 24.4. The maximum absolute atomic E-state index is 13.7. The van der Waals surface area contributed by atoms with Crippen molar-refractivity contribution in [3.8, 4) is 0 Å². The average Bonchev–Trinajstić information content (AvgIpc) is 2.36. The minimum Gasteiger partial charge on any atom is -0.481 e. The first-order valence-electron chi connectivity index (χ1n) is 6.40. The lowest BCUT2D eigenvalue weighted by atomic mass is 9.90. The van der Waals surface area contributed by atoms with Crippen LogP contribution in [0.4, 0.5) is 4.39 Å². The largest absolute Gasteiger partial charge is 0.481 e. The summed E-state index contributed by atoms with van der Waals surface area (Å²) in [4.78, 5) is 13.2.